The molecule has 4 heteroatoms. The van der Waals surface area contributed by atoms with Gasteiger partial charge in [-0.2, -0.15) is 0 Å². The standard InChI is InChI=1S/C49H31N3O/c1-3-12-30(13-4-1)31-24-26-33(27-25-31)48-50-47(32-14-5-2-6-15-32)51-49(52-48)41-21-11-23-43-46(41)45-39(20-10-22-42(45)53-43)36-28-29-40-35-17-8-7-16-34(35)37-18-9-19-38(36)44(37)40/h1-24,26,28-29H,25,27H2. The number of nitrogens with zero attached hydrogens (tertiary/aromatic N) is 3. The van der Waals surface area contributed by atoms with E-state index >= 15 is 0 Å². The summed E-state index contributed by atoms with van der Waals surface area (Å²) >= 11 is 0. The Balaban J connectivity index is 1.13. The number of fused-ring (bicyclic) bond motifs is 6. The molecule has 9 aromatic rings. The molecule has 0 atom stereocenters. The van der Waals surface area contributed by atoms with Crippen LogP contribution in [-0.4, -0.2) is 15.0 Å². The summed E-state index contributed by atoms with van der Waals surface area (Å²) in [5.74, 6) is 1.99. The van der Waals surface area contributed by atoms with Gasteiger partial charge in [0.2, 0.25) is 0 Å². The Morgan fingerprint density at radius 3 is 1.57 bits per heavy atom. The minimum atomic E-state index is 0.631. The molecule has 2 aromatic heterocycles. The Hall–Kier alpha value is -6.91. The second-order valence-corrected chi connectivity index (χ2v) is 13.8. The highest BCUT2D eigenvalue weighted by Crippen LogP contribution is 2.50. The molecule has 2 aliphatic rings. The quantitative estimate of drug-likeness (QED) is 0.182. The molecule has 11 rings (SSSR count). The first-order chi connectivity index (χ1) is 26.3. The smallest absolute Gasteiger partial charge is 0.164 e. The van der Waals surface area contributed by atoms with Gasteiger partial charge < -0.3 is 4.42 Å². The van der Waals surface area contributed by atoms with Gasteiger partial charge in [-0.25, -0.2) is 15.0 Å². The van der Waals surface area contributed by atoms with E-state index in [-0.39, 0.29) is 0 Å². The lowest BCUT2D eigenvalue weighted by atomic mass is 9.91. The first-order valence-corrected chi connectivity index (χ1v) is 18.2. The predicted octanol–water partition coefficient (Wildman–Crippen LogP) is 12.8. The van der Waals surface area contributed by atoms with Crippen LogP contribution in [0.4, 0.5) is 0 Å². The van der Waals surface area contributed by atoms with Crippen LogP contribution in [0.2, 0.25) is 0 Å². The molecule has 0 spiro atoms. The molecule has 0 N–H and O–H groups in total. The minimum Gasteiger partial charge on any atom is -0.456 e. The van der Waals surface area contributed by atoms with E-state index in [1.54, 1.807) is 0 Å². The van der Waals surface area contributed by atoms with Gasteiger partial charge in [0, 0.05) is 21.9 Å². The first-order valence-electron chi connectivity index (χ1n) is 18.2. The lowest BCUT2D eigenvalue weighted by molar-refractivity contribution is 0.669. The van der Waals surface area contributed by atoms with E-state index in [2.05, 4.69) is 133 Å². The van der Waals surface area contributed by atoms with Crippen LogP contribution in [0.3, 0.4) is 0 Å². The summed E-state index contributed by atoms with van der Waals surface area (Å²) in [5.41, 5.74) is 14.6. The van der Waals surface area contributed by atoms with Crippen LogP contribution in [0.1, 0.15) is 24.2 Å². The second-order valence-electron chi connectivity index (χ2n) is 13.8. The monoisotopic (exact) mass is 677 g/mol. The Morgan fingerprint density at radius 1 is 0.340 bits per heavy atom. The highest BCUT2D eigenvalue weighted by Gasteiger charge is 2.25. The number of rotatable bonds is 5. The summed E-state index contributed by atoms with van der Waals surface area (Å²) in [7, 11) is 0. The summed E-state index contributed by atoms with van der Waals surface area (Å²) in [6.45, 7) is 0. The maximum Gasteiger partial charge on any atom is 0.164 e. The number of aromatic nitrogens is 3. The van der Waals surface area contributed by atoms with Gasteiger partial charge in [0.1, 0.15) is 11.2 Å². The second kappa shape index (κ2) is 11.8. The van der Waals surface area contributed by atoms with Crippen LogP contribution in [-0.2, 0) is 0 Å². The van der Waals surface area contributed by atoms with Crippen molar-refractivity contribution in [3.63, 3.8) is 0 Å². The van der Waals surface area contributed by atoms with E-state index in [1.807, 2.05) is 30.3 Å². The molecule has 0 bridgehead atoms. The topological polar surface area (TPSA) is 51.8 Å². The number of benzene rings is 7. The fourth-order valence-electron chi connectivity index (χ4n) is 8.39. The Labute approximate surface area is 306 Å². The maximum atomic E-state index is 6.62. The van der Waals surface area contributed by atoms with Gasteiger partial charge in [-0.05, 0) is 85.8 Å². The van der Waals surface area contributed by atoms with E-state index in [9.17, 15) is 0 Å². The normalized spacial score (nSPS) is 13.4. The third kappa shape index (κ3) is 4.73. The van der Waals surface area contributed by atoms with Gasteiger partial charge in [0.05, 0.1) is 0 Å². The molecule has 0 aliphatic heterocycles. The first kappa shape index (κ1) is 29.8. The van der Waals surface area contributed by atoms with Crippen molar-refractivity contribution in [2.75, 3.05) is 0 Å². The largest absolute Gasteiger partial charge is 0.456 e. The lowest BCUT2D eigenvalue weighted by Crippen LogP contribution is -2.04. The highest BCUT2D eigenvalue weighted by molar-refractivity contribution is 6.23. The summed E-state index contributed by atoms with van der Waals surface area (Å²) in [5, 5.41) is 4.60. The minimum absolute atomic E-state index is 0.631. The van der Waals surface area contributed by atoms with E-state index < -0.39 is 0 Å². The van der Waals surface area contributed by atoms with Gasteiger partial charge in [-0.15, -0.1) is 0 Å². The maximum absolute atomic E-state index is 6.62. The van der Waals surface area contributed by atoms with Gasteiger partial charge in [0.15, 0.2) is 17.5 Å². The van der Waals surface area contributed by atoms with E-state index in [0.717, 1.165) is 57.0 Å². The van der Waals surface area contributed by atoms with Gasteiger partial charge in [0.25, 0.3) is 0 Å². The average Bonchev–Trinajstić information content (AvgIpc) is 3.79. The zero-order chi connectivity index (χ0) is 34.9. The van der Waals surface area contributed by atoms with Crippen molar-refractivity contribution in [1.29, 1.82) is 0 Å². The molecule has 0 fully saturated rings. The molecule has 2 aliphatic carbocycles. The molecule has 0 radical (unpaired) electrons. The molecular weight excluding hydrogens is 647 g/mol. The van der Waals surface area contributed by atoms with Gasteiger partial charge >= 0.3 is 0 Å². The summed E-state index contributed by atoms with van der Waals surface area (Å²) < 4.78 is 6.62. The Bertz CT molecular complexity index is 2960. The van der Waals surface area contributed by atoms with Crippen LogP contribution in [0, 0.1) is 0 Å². The Kier molecular flexibility index (Phi) is 6.65. The predicted molar refractivity (Wildman–Crippen MR) is 217 cm³/mol. The number of furan rings is 1. The molecule has 0 unspecified atom stereocenters. The van der Waals surface area contributed by atoms with Crippen molar-refractivity contribution in [3.8, 4) is 56.2 Å². The third-order valence-corrected chi connectivity index (χ3v) is 10.9. The summed E-state index contributed by atoms with van der Waals surface area (Å²) in [6, 6.07) is 53.3. The van der Waals surface area contributed by atoms with Crippen LogP contribution in [0.5, 0.6) is 0 Å². The van der Waals surface area contributed by atoms with Crippen molar-refractivity contribution in [3.05, 3.63) is 175 Å². The molecule has 248 valence electrons. The van der Waals surface area contributed by atoms with Crippen LogP contribution >= 0.6 is 0 Å². The number of hydrogen-bond donors (Lipinski definition) is 0. The molecule has 0 amide bonds. The van der Waals surface area contributed by atoms with Gasteiger partial charge in [-0.1, -0.05) is 152 Å². The highest BCUT2D eigenvalue weighted by atomic mass is 16.3. The van der Waals surface area contributed by atoms with Crippen molar-refractivity contribution in [2.45, 2.75) is 12.8 Å². The van der Waals surface area contributed by atoms with E-state index in [1.165, 1.54) is 49.7 Å². The molecule has 4 nitrogen and oxygen atoms in total. The fourth-order valence-corrected chi connectivity index (χ4v) is 8.39. The summed E-state index contributed by atoms with van der Waals surface area (Å²) in [6.07, 6.45) is 6.16. The molecule has 53 heavy (non-hydrogen) atoms. The third-order valence-electron chi connectivity index (χ3n) is 10.9. The van der Waals surface area contributed by atoms with Crippen LogP contribution in [0.15, 0.2) is 168 Å². The average molecular weight is 678 g/mol. The summed E-state index contributed by atoms with van der Waals surface area (Å²) in [4.78, 5) is 15.5. The van der Waals surface area contributed by atoms with Crippen LogP contribution < -0.4 is 0 Å². The molecule has 0 saturated heterocycles. The van der Waals surface area contributed by atoms with Crippen molar-refractivity contribution < 1.29 is 4.42 Å². The Morgan fingerprint density at radius 2 is 0.849 bits per heavy atom. The van der Waals surface area contributed by atoms with E-state index in [0.29, 0.717) is 17.5 Å². The number of allylic oxidation sites excluding steroid dienone is 4. The van der Waals surface area contributed by atoms with Crippen molar-refractivity contribution in [2.24, 2.45) is 0 Å². The molecular formula is C49H31N3O. The lowest BCUT2D eigenvalue weighted by Gasteiger charge is -2.16. The van der Waals surface area contributed by atoms with E-state index in [4.69, 9.17) is 19.4 Å². The zero-order valence-corrected chi connectivity index (χ0v) is 28.8. The molecule has 0 saturated carbocycles. The zero-order valence-electron chi connectivity index (χ0n) is 28.8. The van der Waals surface area contributed by atoms with Crippen molar-refractivity contribution in [1.82, 2.24) is 15.0 Å². The SMILES string of the molecule is C1=C(c2ccccc2)CCC(c2nc(-c3ccccc3)nc(-c3cccc4oc5cccc(-c6ccc7c8c(cccc68)-c6ccccc6-7)c5c34)n2)=C1. The molecule has 2 heterocycles. The van der Waals surface area contributed by atoms with Crippen LogP contribution in [0.25, 0.3) is 100 Å². The molecule has 7 aromatic carbocycles. The fraction of sp³-hybridized carbons (Fsp3) is 0.0408. The van der Waals surface area contributed by atoms with Crippen molar-refractivity contribution >= 4 is 43.9 Å². The van der Waals surface area contributed by atoms with Gasteiger partial charge in [-0.3, -0.25) is 0 Å². The number of hydrogen-bond acceptors (Lipinski definition) is 4.